The van der Waals surface area contributed by atoms with Crippen LogP contribution in [0.2, 0.25) is 10.0 Å². The quantitative estimate of drug-likeness (QED) is 0.210. The molecule has 0 unspecified atom stereocenters. The summed E-state index contributed by atoms with van der Waals surface area (Å²) in [4.78, 5) is 37.1. The number of hydrogen-bond acceptors (Lipinski definition) is 4. The zero-order chi connectivity index (χ0) is 26.4. The number of nitrogens with zero attached hydrogens (tertiary/aromatic N) is 2. The monoisotopic (exact) mass is 535 g/mol. The summed E-state index contributed by atoms with van der Waals surface area (Å²) in [5.74, 6) is 0.247. The minimum Gasteiger partial charge on any atom is -0.352 e. The molecular weight excluding hydrogens is 509 g/mol. The Morgan fingerprint density at radius 2 is 1.86 bits per heavy atom. The molecule has 2 aromatic carbocycles. The lowest BCUT2D eigenvalue weighted by molar-refractivity contribution is -0.115. The highest BCUT2D eigenvalue weighted by Crippen LogP contribution is 2.30. The molecule has 9 heteroatoms. The van der Waals surface area contributed by atoms with Crippen LogP contribution in [0, 0.1) is 0 Å². The molecule has 4 rings (SSSR count). The number of aromatic nitrogens is 3. The van der Waals surface area contributed by atoms with Crippen molar-refractivity contribution < 1.29 is 9.59 Å². The van der Waals surface area contributed by atoms with Crippen molar-refractivity contribution >= 4 is 51.9 Å². The highest BCUT2D eigenvalue weighted by atomic mass is 35.5. The second-order valence-corrected chi connectivity index (χ2v) is 9.34. The number of imidazole rings is 1. The van der Waals surface area contributed by atoms with E-state index in [2.05, 4.69) is 25.6 Å². The van der Waals surface area contributed by atoms with Crippen molar-refractivity contribution in [1.29, 1.82) is 0 Å². The summed E-state index contributed by atoms with van der Waals surface area (Å²) in [5, 5.41) is 6.85. The van der Waals surface area contributed by atoms with Gasteiger partial charge in [-0.25, -0.2) is 9.97 Å². The molecular formula is C28H27Cl2N5O2. The molecule has 0 radical (unpaired) electrons. The Bertz CT molecular complexity index is 1460. The Labute approximate surface area is 225 Å². The zero-order valence-electron chi connectivity index (χ0n) is 20.6. The van der Waals surface area contributed by atoms with Crippen molar-refractivity contribution in [2.24, 2.45) is 0 Å². The Hall–Kier alpha value is -3.68. The molecule has 2 heterocycles. The van der Waals surface area contributed by atoms with Gasteiger partial charge < -0.3 is 15.6 Å². The van der Waals surface area contributed by atoms with Crippen LogP contribution >= 0.6 is 23.2 Å². The number of rotatable bonds is 9. The van der Waals surface area contributed by atoms with E-state index in [9.17, 15) is 9.59 Å². The van der Waals surface area contributed by atoms with E-state index in [1.165, 1.54) is 0 Å². The van der Waals surface area contributed by atoms with Gasteiger partial charge >= 0.3 is 0 Å². The van der Waals surface area contributed by atoms with Crippen molar-refractivity contribution in [1.82, 2.24) is 20.3 Å². The van der Waals surface area contributed by atoms with E-state index < -0.39 is 0 Å². The fraction of sp³-hybridized carbons (Fsp3) is 0.214. The molecule has 0 spiro atoms. The standard InChI is InChI=1S/C28H27Cl2N5O2/c1-3-17(4-2)15-24(36)33-20-8-5-18(6-9-20)11-13-32-28(37)22-12-14-31-27-25(22)34-26(35-27)21-10-7-19(29)16-23(21)30/h3,5-10,12,14,16H,4,11,13,15H2,1-2H3,(H,32,37)(H,33,36)(H,31,34,35)/b17-3-. The number of carbonyl (C=O) groups excluding carboxylic acids is 2. The number of carbonyl (C=O) groups is 2. The van der Waals surface area contributed by atoms with Crippen molar-refractivity contribution in [2.75, 3.05) is 11.9 Å². The Morgan fingerprint density at radius 3 is 2.57 bits per heavy atom. The molecule has 0 atom stereocenters. The maximum absolute atomic E-state index is 12.9. The molecule has 0 saturated heterocycles. The molecule has 7 nitrogen and oxygen atoms in total. The summed E-state index contributed by atoms with van der Waals surface area (Å²) in [7, 11) is 0. The van der Waals surface area contributed by atoms with Gasteiger partial charge in [-0.2, -0.15) is 0 Å². The number of halogens is 2. The molecule has 0 aliphatic heterocycles. The van der Waals surface area contributed by atoms with E-state index >= 15 is 0 Å². The normalized spacial score (nSPS) is 11.5. The summed E-state index contributed by atoms with van der Waals surface area (Å²) in [6, 6.07) is 14.4. The Balaban J connectivity index is 1.37. The molecule has 0 fully saturated rings. The van der Waals surface area contributed by atoms with Crippen molar-refractivity contribution in [3.8, 4) is 11.4 Å². The third kappa shape index (κ3) is 6.56. The Kier molecular flexibility index (Phi) is 8.58. The maximum atomic E-state index is 12.9. The molecule has 0 aliphatic rings. The van der Waals surface area contributed by atoms with E-state index in [4.69, 9.17) is 23.2 Å². The fourth-order valence-corrected chi connectivity index (χ4v) is 4.42. The lowest BCUT2D eigenvalue weighted by Gasteiger charge is -2.09. The minimum atomic E-state index is -0.232. The lowest BCUT2D eigenvalue weighted by atomic mass is 10.1. The van der Waals surface area contributed by atoms with Gasteiger partial charge in [0.15, 0.2) is 5.65 Å². The highest BCUT2D eigenvalue weighted by molar-refractivity contribution is 6.36. The van der Waals surface area contributed by atoms with Gasteiger partial charge in [-0.15, -0.1) is 0 Å². The summed E-state index contributed by atoms with van der Waals surface area (Å²) in [6.45, 7) is 4.43. The summed E-state index contributed by atoms with van der Waals surface area (Å²) in [5.41, 5.74) is 4.97. The number of aromatic amines is 1. The van der Waals surface area contributed by atoms with Crippen molar-refractivity contribution in [3.05, 3.63) is 87.5 Å². The van der Waals surface area contributed by atoms with Crippen LogP contribution < -0.4 is 10.6 Å². The molecule has 2 amide bonds. The first-order valence-corrected chi connectivity index (χ1v) is 12.7. The first-order chi connectivity index (χ1) is 17.9. The van der Waals surface area contributed by atoms with Crippen LogP contribution in [-0.4, -0.2) is 33.3 Å². The molecule has 3 N–H and O–H groups in total. The number of nitrogens with one attached hydrogen (secondary N) is 3. The highest BCUT2D eigenvalue weighted by Gasteiger charge is 2.16. The summed E-state index contributed by atoms with van der Waals surface area (Å²) < 4.78 is 0. The van der Waals surface area contributed by atoms with Crippen LogP contribution in [-0.2, 0) is 11.2 Å². The molecule has 4 aromatic rings. The number of anilines is 1. The van der Waals surface area contributed by atoms with Crippen LogP contribution in [0.15, 0.2) is 66.4 Å². The van der Waals surface area contributed by atoms with Crippen LogP contribution in [0.3, 0.4) is 0 Å². The SMILES string of the molecule is C/C=C(/CC)CC(=O)Nc1ccc(CCNC(=O)c2ccnc3nc(-c4ccc(Cl)cc4Cl)[nH]c23)cc1. The number of hydrogen-bond donors (Lipinski definition) is 3. The van der Waals surface area contributed by atoms with Crippen LogP contribution in [0.5, 0.6) is 0 Å². The van der Waals surface area contributed by atoms with Gasteiger partial charge in [0, 0.05) is 35.4 Å². The first-order valence-electron chi connectivity index (χ1n) is 12.0. The predicted octanol–water partition coefficient (Wildman–Crippen LogP) is 6.59. The first kappa shape index (κ1) is 26.4. The summed E-state index contributed by atoms with van der Waals surface area (Å²) >= 11 is 12.3. The fourth-order valence-electron chi connectivity index (χ4n) is 3.92. The molecule has 0 aliphatic carbocycles. The predicted molar refractivity (Wildman–Crippen MR) is 149 cm³/mol. The number of pyridine rings is 1. The van der Waals surface area contributed by atoms with Crippen molar-refractivity contribution in [3.63, 3.8) is 0 Å². The van der Waals surface area contributed by atoms with Gasteiger partial charge in [-0.1, -0.05) is 53.9 Å². The van der Waals surface area contributed by atoms with Crippen LogP contribution in [0.25, 0.3) is 22.6 Å². The van der Waals surface area contributed by atoms with E-state index in [1.807, 2.05) is 44.2 Å². The Morgan fingerprint density at radius 1 is 1.08 bits per heavy atom. The van der Waals surface area contributed by atoms with Gasteiger partial charge in [-0.05, 0) is 61.7 Å². The number of allylic oxidation sites excluding steroid dienone is 1. The van der Waals surface area contributed by atoms with Crippen LogP contribution in [0.4, 0.5) is 5.69 Å². The largest absolute Gasteiger partial charge is 0.352 e. The smallest absolute Gasteiger partial charge is 0.253 e. The van der Waals surface area contributed by atoms with E-state index in [1.54, 1.807) is 30.5 Å². The molecule has 2 aromatic heterocycles. The van der Waals surface area contributed by atoms with Gasteiger partial charge in [-0.3, -0.25) is 9.59 Å². The van der Waals surface area contributed by atoms with E-state index in [0.717, 1.165) is 23.2 Å². The molecule has 0 bridgehead atoms. The number of fused-ring (bicyclic) bond motifs is 1. The summed E-state index contributed by atoms with van der Waals surface area (Å²) in [6.07, 6.45) is 5.43. The minimum absolute atomic E-state index is 0.0288. The van der Waals surface area contributed by atoms with E-state index in [-0.39, 0.29) is 11.8 Å². The van der Waals surface area contributed by atoms with Crippen LogP contribution in [0.1, 0.15) is 42.6 Å². The molecule has 37 heavy (non-hydrogen) atoms. The topological polar surface area (TPSA) is 99.8 Å². The third-order valence-electron chi connectivity index (χ3n) is 6.01. The average molecular weight is 536 g/mol. The number of amides is 2. The number of benzene rings is 2. The second kappa shape index (κ2) is 12.0. The van der Waals surface area contributed by atoms with Gasteiger partial charge in [0.2, 0.25) is 5.91 Å². The maximum Gasteiger partial charge on any atom is 0.253 e. The van der Waals surface area contributed by atoms with Gasteiger partial charge in [0.1, 0.15) is 5.82 Å². The molecule has 0 saturated carbocycles. The lowest BCUT2D eigenvalue weighted by Crippen LogP contribution is -2.26. The molecule has 190 valence electrons. The average Bonchev–Trinajstić information content (AvgIpc) is 3.32. The van der Waals surface area contributed by atoms with Crippen molar-refractivity contribution in [2.45, 2.75) is 33.1 Å². The second-order valence-electron chi connectivity index (χ2n) is 8.49. The number of H-pyrrole nitrogens is 1. The third-order valence-corrected chi connectivity index (χ3v) is 6.56. The van der Waals surface area contributed by atoms with Gasteiger partial charge in [0.25, 0.3) is 5.91 Å². The zero-order valence-corrected chi connectivity index (χ0v) is 22.1. The van der Waals surface area contributed by atoms with E-state index in [0.29, 0.717) is 57.5 Å². The van der Waals surface area contributed by atoms with Gasteiger partial charge in [0.05, 0.1) is 16.1 Å².